The van der Waals surface area contributed by atoms with Crippen molar-refractivity contribution in [3.63, 3.8) is 0 Å². The van der Waals surface area contributed by atoms with Gasteiger partial charge >= 0.3 is 0 Å². The minimum atomic E-state index is -0.936. The number of amides is 4. The number of rotatable bonds is 20. The number of carbonyl (C=O) groups excluding carboxylic acids is 4. The Morgan fingerprint density at radius 2 is 1.53 bits per heavy atom. The number of aliphatic hydroxyl groups excluding tert-OH is 1. The number of hydrogen-bond donors (Lipinski definition) is 4. The topological polar surface area (TPSA) is 167 Å². The summed E-state index contributed by atoms with van der Waals surface area (Å²) in [4.78, 5) is 60.6. The van der Waals surface area contributed by atoms with Crippen LogP contribution in [0.2, 0.25) is 0 Å². The molecule has 1 aliphatic heterocycles. The second kappa shape index (κ2) is 21.0. The Bertz CT molecular complexity index is 1320. The number of methoxy groups -OCH3 is 2. The summed E-state index contributed by atoms with van der Waals surface area (Å²) in [5, 5.41) is 16.8. The van der Waals surface area contributed by atoms with Crippen LogP contribution in [0.25, 0.3) is 0 Å². The largest absolute Gasteiger partial charge is 0.399 e. The fourth-order valence-electron chi connectivity index (χ4n) is 7.83. The molecule has 0 spiro atoms. The molecule has 1 heterocycles. The molecule has 1 aromatic rings. The van der Waals surface area contributed by atoms with Crippen molar-refractivity contribution >= 4 is 29.3 Å². The lowest BCUT2D eigenvalue weighted by Gasteiger charge is -2.41. The Hall–Kier alpha value is -3.26. The maximum atomic E-state index is 14.2. The van der Waals surface area contributed by atoms with E-state index in [1.807, 2.05) is 60.5 Å². The van der Waals surface area contributed by atoms with Crippen molar-refractivity contribution in [2.75, 3.05) is 47.6 Å². The molecule has 1 aromatic carbocycles. The van der Waals surface area contributed by atoms with Crippen LogP contribution in [0.4, 0.5) is 5.69 Å². The Kier molecular flexibility index (Phi) is 18.2. The molecule has 10 atom stereocenters. The van der Waals surface area contributed by atoms with Crippen LogP contribution in [0.5, 0.6) is 0 Å². The van der Waals surface area contributed by atoms with Gasteiger partial charge in [0, 0.05) is 33.5 Å². The first kappa shape index (κ1) is 45.9. The van der Waals surface area contributed by atoms with E-state index in [0.29, 0.717) is 24.2 Å². The molecule has 53 heavy (non-hydrogen) atoms. The third-order valence-electron chi connectivity index (χ3n) is 11.1. The molecule has 0 aromatic heterocycles. The number of likely N-dealkylation sites (tertiary alicyclic amines) is 1. The Labute approximate surface area is 318 Å². The molecular formula is C40H70N6O7. The van der Waals surface area contributed by atoms with E-state index in [9.17, 15) is 24.3 Å². The fourth-order valence-corrected chi connectivity index (χ4v) is 7.83. The molecule has 13 nitrogen and oxygen atoms in total. The average Bonchev–Trinajstić information content (AvgIpc) is 3.59. The minimum absolute atomic E-state index is 0.0224. The van der Waals surface area contributed by atoms with E-state index in [0.717, 1.165) is 12.8 Å². The van der Waals surface area contributed by atoms with Gasteiger partial charge in [-0.2, -0.15) is 0 Å². The van der Waals surface area contributed by atoms with Gasteiger partial charge in [-0.05, 0) is 69.3 Å². The third-order valence-corrected chi connectivity index (χ3v) is 11.1. The number of nitrogen functional groups attached to an aromatic ring is 1. The molecule has 0 saturated carbocycles. The van der Waals surface area contributed by atoms with Crippen LogP contribution in [0.3, 0.4) is 0 Å². The van der Waals surface area contributed by atoms with Gasteiger partial charge in [0.05, 0.1) is 54.8 Å². The zero-order valence-corrected chi connectivity index (χ0v) is 34.6. The SMILES string of the molecule is CCC(C)C(C(CC(=O)N1CCCC1C(OC)C(C)C(=O)N[C@H](C)C(O)c1ccc(N)cc1)OC)N(C)C(=O)[C@@H](NC(=O)[C@H](C(C)C)N(C)C)C(C)C. The number of aliphatic hydroxyl groups is 1. The number of benzene rings is 1. The van der Waals surface area contributed by atoms with Crippen molar-refractivity contribution in [2.45, 2.75) is 130 Å². The van der Waals surface area contributed by atoms with Crippen molar-refractivity contribution in [1.29, 1.82) is 0 Å². The molecule has 302 valence electrons. The van der Waals surface area contributed by atoms with E-state index in [-0.39, 0.29) is 53.8 Å². The van der Waals surface area contributed by atoms with Crippen LogP contribution in [0.15, 0.2) is 24.3 Å². The smallest absolute Gasteiger partial charge is 0.245 e. The molecule has 1 fully saturated rings. The number of nitrogens with zero attached hydrogens (tertiary/aromatic N) is 3. The Morgan fingerprint density at radius 3 is 2.02 bits per heavy atom. The summed E-state index contributed by atoms with van der Waals surface area (Å²) in [7, 11) is 8.55. The van der Waals surface area contributed by atoms with Crippen molar-refractivity contribution in [3.05, 3.63) is 29.8 Å². The van der Waals surface area contributed by atoms with Crippen molar-refractivity contribution in [2.24, 2.45) is 23.7 Å². The highest BCUT2D eigenvalue weighted by molar-refractivity contribution is 5.90. The van der Waals surface area contributed by atoms with E-state index in [1.165, 1.54) is 0 Å². The molecule has 7 unspecified atom stereocenters. The number of ether oxygens (including phenoxy) is 2. The number of nitrogens with one attached hydrogen (secondary N) is 2. The van der Waals surface area contributed by atoms with Gasteiger partial charge in [-0.15, -0.1) is 0 Å². The van der Waals surface area contributed by atoms with Gasteiger partial charge in [-0.25, -0.2) is 0 Å². The fraction of sp³-hybridized carbons (Fsp3) is 0.750. The summed E-state index contributed by atoms with van der Waals surface area (Å²) in [6.45, 7) is 15.9. The van der Waals surface area contributed by atoms with E-state index in [2.05, 4.69) is 10.6 Å². The van der Waals surface area contributed by atoms with Crippen molar-refractivity contribution in [3.8, 4) is 0 Å². The van der Waals surface area contributed by atoms with Gasteiger partial charge in [0.25, 0.3) is 0 Å². The predicted octanol–water partition coefficient (Wildman–Crippen LogP) is 3.45. The molecule has 1 aliphatic rings. The Morgan fingerprint density at radius 1 is 0.925 bits per heavy atom. The maximum Gasteiger partial charge on any atom is 0.245 e. The van der Waals surface area contributed by atoms with Crippen molar-refractivity contribution in [1.82, 2.24) is 25.3 Å². The zero-order valence-electron chi connectivity index (χ0n) is 34.6. The first-order valence-corrected chi connectivity index (χ1v) is 19.2. The lowest BCUT2D eigenvalue weighted by Crippen LogP contribution is -2.59. The van der Waals surface area contributed by atoms with Gasteiger partial charge in [-0.1, -0.05) is 67.0 Å². The van der Waals surface area contributed by atoms with Gasteiger partial charge in [0.15, 0.2) is 0 Å². The highest BCUT2D eigenvalue weighted by atomic mass is 16.5. The molecule has 4 amide bonds. The first-order chi connectivity index (χ1) is 24.8. The van der Waals surface area contributed by atoms with Gasteiger partial charge in [-0.3, -0.25) is 24.1 Å². The lowest BCUT2D eigenvalue weighted by atomic mass is 9.89. The number of carbonyl (C=O) groups is 4. The monoisotopic (exact) mass is 747 g/mol. The second-order valence-corrected chi connectivity index (χ2v) is 15.9. The molecule has 0 bridgehead atoms. The van der Waals surface area contributed by atoms with E-state index in [4.69, 9.17) is 15.2 Å². The van der Waals surface area contributed by atoms with Crippen LogP contribution in [-0.2, 0) is 28.7 Å². The van der Waals surface area contributed by atoms with Crippen LogP contribution in [0, 0.1) is 23.7 Å². The summed E-state index contributed by atoms with van der Waals surface area (Å²) in [5.41, 5.74) is 7.01. The molecule has 0 aliphatic carbocycles. The molecule has 13 heteroatoms. The van der Waals surface area contributed by atoms with Crippen LogP contribution in [0.1, 0.15) is 92.7 Å². The summed E-state index contributed by atoms with van der Waals surface area (Å²) in [5.74, 6) is -1.65. The number of anilines is 1. The quantitative estimate of drug-likeness (QED) is 0.146. The van der Waals surface area contributed by atoms with Gasteiger partial charge in [0.2, 0.25) is 23.6 Å². The van der Waals surface area contributed by atoms with Crippen LogP contribution < -0.4 is 16.4 Å². The van der Waals surface area contributed by atoms with Crippen LogP contribution >= 0.6 is 0 Å². The summed E-state index contributed by atoms with van der Waals surface area (Å²) in [6, 6.07) is 4.32. The molecule has 5 N–H and O–H groups in total. The summed E-state index contributed by atoms with van der Waals surface area (Å²) in [6.07, 6.45) is 0.0214. The van der Waals surface area contributed by atoms with E-state index in [1.54, 1.807) is 69.2 Å². The average molecular weight is 747 g/mol. The number of likely N-dealkylation sites (N-methyl/N-ethyl adjacent to an activating group) is 2. The van der Waals surface area contributed by atoms with E-state index >= 15 is 0 Å². The first-order valence-electron chi connectivity index (χ1n) is 19.2. The zero-order chi connectivity index (χ0) is 40.3. The van der Waals surface area contributed by atoms with Gasteiger partial charge in [0.1, 0.15) is 6.04 Å². The van der Waals surface area contributed by atoms with Crippen molar-refractivity contribution < 1.29 is 33.8 Å². The summed E-state index contributed by atoms with van der Waals surface area (Å²) < 4.78 is 11.9. The molecule has 0 radical (unpaired) electrons. The third kappa shape index (κ3) is 11.9. The maximum absolute atomic E-state index is 14.2. The highest BCUT2D eigenvalue weighted by Crippen LogP contribution is 2.30. The summed E-state index contributed by atoms with van der Waals surface area (Å²) >= 11 is 0. The highest BCUT2D eigenvalue weighted by Gasteiger charge is 2.43. The van der Waals surface area contributed by atoms with Gasteiger partial charge < -0.3 is 40.7 Å². The number of hydrogen-bond acceptors (Lipinski definition) is 9. The number of nitrogens with two attached hydrogens (primary N) is 1. The molecule has 2 rings (SSSR count). The Balaban J connectivity index is 2.25. The molecule has 1 saturated heterocycles. The normalized spacial score (nSPS) is 19.9. The van der Waals surface area contributed by atoms with E-state index < -0.39 is 48.4 Å². The lowest BCUT2D eigenvalue weighted by molar-refractivity contribution is -0.148. The second-order valence-electron chi connectivity index (χ2n) is 15.9. The standard InChI is InChI=1S/C40H70N6O7/c1-14-25(6)35(45(11)40(51)33(23(2)3)43-39(50)34(24(4)5)44(9)10)31(52-12)22-32(47)46-21-15-16-30(46)37(53-13)26(7)38(49)42-27(8)36(48)28-17-19-29(41)20-18-28/h17-20,23-27,30-31,33-37,48H,14-16,21-22,41H2,1-13H3,(H,42,49)(H,43,50)/t25?,26?,27-,30?,31?,33+,34+,35?,36?,37?/m1/s1. The predicted molar refractivity (Wildman–Crippen MR) is 209 cm³/mol. The van der Waals surface area contributed by atoms with Crippen LogP contribution in [-0.4, -0.2) is 128 Å². The minimum Gasteiger partial charge on any atom is -0.399 e. The molecular weight excluding hydrogens is 676 g/mol.